The Kier molecular flexibility index (Phi) is 9.25. The Morgan fingerprint density at radius 3 is 1.45 bits per heavy atom. The van der Waals surface area contributed by atoms with Gasteiger partial charge in [-0.25, -0.2) is 9.97 Å². The van der Waals surface area contributed by atoms with Crippen LogP contribution in [-0.2, 0) is 20.2 Å². The molecule has 0 aliphatic carbocycles. The van der Waals surface area contributed by atoms with Gasteiger partial charge in [0, 0.05) is 0 Å². The van der Waals surface area contributed by atoms with Gasteiger partial charge in [-0.05, 0) is 0 Å². The third-order valence-electron chi connectivity index (χ3n) is 2.45. The van der Waals surface area contributed by atoms with Gasteiger partial charge >= 0.3 is 20.2 Å². The molecule has 2 N–H and O–H groups in total. The highest BCUT2D eigenvalue weighted by Gasteiger charge is 2.20. The van der Waals surface area contributed by atoms with E-state index >= 15 is 0 Å². The lowest BCUT2D eigenvalue weighted by Crippen LogP contribution is -2.11. The number of hydrogen-bond acceptors (Lipinski definition) is 7. The molecular formula is C11H21N3O6S2. The van der Waals surface area contributed by atoms with Gasteiger partial charge in [-0.15, -0.1) is 0 Å². The topological polar surface area (TPSA) is 147 Å². The van der Waals surface area contributed by atoms with Crippen molar-refractivity contribution in [2.45, 2.75) is 62.7 Å². The van der Waals surface area contributed by atoms with Gasteiger partial charge in [-0.2, -0.15) is 21.8 Å². The summed E-state index contributed by atoms with van der Waals surface area (Å²) < 4.78 is 58.6. The van der Waals surface area contributed by atoms with Gasteiger partial charge in [0.1, 0.15) is 6.33 Å². The molecule has 0 aliphatic rings. The van der Waals surface area contributed by atoms with E-state index in [1.165, 1.54) is 38.5 Å². The largest absolute Gasteiger partial charge is 0.330 e. The Hall–Kier alpha value is -1.17. The van der Waals surface area contributed by atoms with Crippen LogP contribution in [0.5, 0.6) is 0 Å². The molecule has 1 aromatic heterocycles. The van der Waals surface area contributed by atoms with E-state index in [1.807, 2.05) is 0 Å². The van der Waals surface area contributed by atoms with E-state index in [4.69, 9.17) is 9.11 Å². The van der Waals surface area contributed by atoms with E-state index in [1.54, 1.807) is 0 Å². The van der Waals surface area contributed by atoms with Crippen molar-refractivity contribution in [2.75, 3.05) is 0 Å². The van der Waals surface area contributed by atoms with Crippen molar-refractivity contribution in [3.8, 4) is 0 Å². The molecule has 0 radical (unpaired) electrons. The number of hydrogen-bond donors (Lipinski definition) is 2. The van der Waals surface area contributed by atoms with Crippen LogP contribution in [0.15, 0.2) is 16.6 Å². The molecule has 128 valence electrons. The van der Waals surface area contributed by atoms with Crippen LogP contribution in [0.1, 0.15) is 52.4 Å². The van der Waals surface area contributed by atoms with Crippen molar-refractivity contribution in [1.29, 1.82) is 0 Å². The molecule has 9 nitrogen and oxygen atoms in total. The molecule has 0 fully saturated rings. The van der Waals surface area contributed by atoms with E-state index in [0.717, 1.165) is 0 Å². The van der Waals surface area contributed by atoms with Crippen molar-refractivity contribution in [2.24, 2.45) is 0 Å². The van der Waals surface area contributed by atoms with E-state index in [2.05, 4.69) is 28.8 Å². The predicted molar refractivity (Wildman–Crippen MR) is 78.5 cm³/mol. The minimum atomic E-state index is -4.72. The zero-order chi connectivity index (χ0) is 17.2. The number of aromatic nitrogens is 3. The molecule has 0 atom stereocenters. The maximum Gasteiger partial charge on any atom is 0.330 e. The van der Waals surface area contributed by atoms with Crippen LogP contribution in [-0.4, -0.2) is 40.9 Å². The minimum absolute atomic E-state index is 0.527. The minimum Gasteiger partial charge on any atom is -0.279 e. The van der Waals surface area contributed by atoms with Gasteiger partial charge < -0.3 is 0 Å². The van der Waals surface area contributed by atoms with E-state index < -0.39 is 30.5 Å². The molecule has 0 bridgehead atoms. The quantitative estimate of drug-likeness (QED) is 0.551. The summed E-state index contributed by atoms with van der Waals surface area (Å²) in [5.74, 6) is 0. The number of rotatable bonds is 7. The van der Waals surface area contributed by atoms with Crippen molar-refractivity contribution in [1.82, 2.24) is 15.0 Å². The first-order valence-corrected chi connectivity index (χ1v) is 9.65. The van der Waals surface area contributed by atoms with Crippen molar-refractivity contribution in [3.63, 3.8) is 0 Å². The van der Waals surface area contributed by atoms with Gasteiger partial charge in [-0.3, -0.25) is 9.11 Å². The fourth-order valence-corrected chi connectivity index (χ4v) is 2.19. The summed E-state index contributed by atoms with van der Waals surface area (Å²) in [5, 5.41) is -2.31. The zero-order valence-corrected chi connectivity index (χ0v) is 14.1. The maximum absolute atomic E-state index is 10.4. The molecule has 0 unspecified atom stereocenters. The molecule has 11 heteroatoms. The first-order valence-electron chi connectivity index (χ1n) is 6.77. The average molecular weight is 355 g/mol. The lowest BCUT2D eigenvalue weighted by atomic mass is 10.1. The number of unbranched alkanes of at least 4 members (excludes halogenated alkanes) is 5. The molecule has 0 aromatic carbocycles. The Morgan fingerprint density at radius 2 is 1.18 bits per heavy atom. The normalized spacial score (nSPS) is 11.6. The Labute approximate surface area is 130 Å². The highest BCUT2D eigenvalue weighted by atomic mass is 32.2. The maximum atomic E-state index is 10.4. The van der Waals surface area contributed by atoms with E-state index in [-0.39, 0.29) is 0 Å². The molecule has 0 spiro atoms. The summed E-state index contributed by atoms with van der Waals surface area (Å²) in [6.45, 7) is 4.51. The zero-order valence-electron chi connectivity index (χ0n) is 12.5. The number of nitrogens with zero attached hydrogens (tertiary/aromatic N) is 3. The summed E-state index contributed by atoms with van der Waals surface area (Å²) in [6, 6.07) is 0. The van der Waals surface area contributed by atoms with Crippen LogP contribution in [0.4, 0.5) is 0 Å². The lowest BCUT2D eigenvalue weighted by molar-refractivity contribution is 0.460. The van der Waals surface area contributed by atoms with Crippen LogP contribution in [0, 0.1) is 0 Å². The molecular weight excluding hydrogens is 334 g/mol. The molecule has 0 saturated heterocycles. The first kappa shape index (κ1) is 20.8. The molecule has 0 saturated carbocycles. The molecule has 0 amide bonds. The van der Waals surface area contributed by atoms with Gasteiger partial charge in [0.15, 0.2) is 0 Å². The van der Waals surface area contributed by atoms with Gasteiger partial charge in [-0.1, -0.05) is 52.4 Å². The summed E-state index contributed by atoms with van der Waals surface area (Å²) in [6.07, 6.45) is 9.02. The van der Waals surface area contributed by atoms with Gasteiger partial charge in [0.2, 0.25) is 0 Å². The van der Waals surface area contributed by atoms with Crippen molar-refractivity contribution >= 4 is 20.2 Å². The van der Waals surface area contributed by atoms with E-state index in [0.29, 0.717) is 6.33 Å². The van der Waals surface area contributed by atoms with Gasteiger partial charge in [0.05, 0.1) is 0 Å². The molecule has 1 heterocycles. The first-order chi connectivity index (χ1) is 10.1. The Morgan fingerprint density at radius 1 is 0.818 bits per heavy atom. The predicted octanol–water partition coefficient (Wildman–Crippen LogP) is 1.73. The highest BCUT2D eigenvalue weighted by Crippen LogP contribution is 2.04. The van der Waals surface area contributed by atoms with Crippen LogP contribution >= 0.6 is 0 Å². The van der Waals surface area contributed by atoms with E-state index in [9.17, 15) is 16.8 Å². The third-order valence-corrected chi connectivity index (χ3v) is 3.76. The summed E-state index contributed by atoms with van der Waals surface area (Å²) in [5.41, 5.74) is 0. The van der Waals surface area contributed by atoms with Crippen molar-refractivity contribution < 1.29 is 25.9 Å². The third kappa shape index (κ3) is 8.97. The monoisotopic (exact) mass is 355 g/mol. The van der Waals surface area contributed by atoms with Crippen LogP contribution in [0.2, 0.25) is 0 Å². The molecule has 1 aromatic rings. The second-order valence-corrected chi connectivity index (χ2v) is 7.05. The standard InChI is InChI=1S/C8H18.C3H3N3O6S2/c1-3-5-7-8-6-4-2;7-13(8,9)2-4-1-5-3(6-2)14(10,11)12/h3-8H2,1-2H3;1H,(H,7,8,9)(H,10,11,12). The average Bonchev–Trinajstić information content (AvgIpc) is 2.43. The van der Waals surface area contributed by atoms with Crippen LogP contribution in [0.3, 0.4) is 0 Å². The van der Waals surface area contributed by atoms with Crippen LogP contribution < -0.4 is 0 Å². The molecule has 22 heavy (non-hydrogen) atoms. The fourth-order valence-electron chi connectivity index (χ4n) is 1.37. The smallest absolute Gasteiger partial charge is 0.279 e. The summed E-state index contributed by atoms with van der Waals surface area (Å²) in [4.78, 5) is 8.79. The second-order valence-electron chi connectivity index (χ2n) is 4.41. The summed E-state index contributed by atoms with van der Waals surface area (Å²) in [7, 11) is -9.45. The Bertz CT molecular complexity index is 592. The highest BCUT2D eigenvalue weighted by molar-refractivity contribution is 7.86. The second kappa shape index (κ2) is 9.77. The molecule has 1 rings (SSSR count). The lowest BCUT2D eigenvalue weighted by Gasteiger charge is -1.96. The fraction of sp³-hybridized carbons (Fsp3) is 0.727. The van der Waals surface area contributed by atoms with Gasteiger partial charge in [0.25, 0.3) is 10.3 Å². The molecule has 0 aliphatic heterocycles. The Balaban J connectivity index is 0.000000472. The summed E-state index contributed by atoms with van der Waals surface area (Å²) >= 11 is 0. The van der Waals surface area contributed by atoms with Crippen LogP contribution in [0.25, 0.3) is 0 Å². The SMILES string of the molecule is CCCCCCCC.O=S(=O)(O)c1ncnc(S(=O)(=O)O)n1. The van der Waals surface area contributed by atoms with Crippen molar-refractivity contribution in [3.05, 3.63) is 6.33 Å².